The molecule has 9 nitrogen and oxygen atoms in total. The van der Waals surface area contributed by atoms with E-state index < -0.39 is 52.8 Å². The summed E-state index contributed by atoms with van der Waals surface area (Å²) in [6.45, 7) is 14.7. The smallest absolute Gasteiger partial charge is 0.397 e. The Morgan fingerprint density at radius 3 is 2.45 bits per heavy atom. The predicted molar refractivity (Wildman–Crippen MR) is 154 cm³/mol. The Balaban J connectivity index is 1.44. The fourth-order valence-electron chi connectivity index (χ4n) is 10.8. The van der Waals surface area contributed by atoms with Crippen molar-refractivity contribution in [2.75, 3.05) is 6.61 Å². The van der Waals surface area contributed by atoms with Crippen LogP contribution in [0.4, 0.5) is 0 Å². The summed E-state index contributed by atoms with van der Waals surface area (Å²) in [6, 6.07) is 0. The molecule has 42 heavy (non-hydrogen) atoms. The molecule has 5 aliphatic rings. The van der Waals surface area contributed by atoms with Gasteiger partial charge in [0.15, 0.2) is 11.6 Å². The summed E-state index contributed by atoms with van der Waals surface area (Å²) in [7, 11) is -4.68. The Labute approximate surface area is 249 Å². The first-order valence-corrected chi connectivity index (χ1v) is 16.6. The molecule has 0 aromatic rings. The number of hydrogen-bond acceptors (Lipinski definition) is 8. The molecule has 2 N–H and O–H groups in total. The highest BCUT2D eigenvalue weighted by atomic mass is 32.3. The number of aliphatic hydroxyl groups is 1. The fourth-order valence-corrected chi connectivity index (χ4v) is 11.2. The highest BCUT2D eigenvalue weighted by molar-refractivity contribution is 7.80. The van der Waals surface area contributed by atoms with Gasteiger partial charge in [0.1, 0.15) is 12.2 Å². The van der Waals surface area contributed by atoms with Gasteiger partial charge in [-0.05, 0) is 83.7 Å². The van der Waals surface area contributed by atoms with Crippen LogP contribution in [0.25, 0.3) is 0 Å². The average molecular weight is 607 g/mol. The Hall–Kier alpha value is -1.88. The molecule has 10 heteroatoms. The summed E-state index contributed by atoms with van der Waals surface area (Å²) in [5.41, 5.74) is -0.336. The van der Waals surface area contributed by atoms with Crippen molar-refractivity contribution in [1.82, 2.24) is 0 Å². The van der Waals surface area contributed by atoms with Gasteiger partial charge in [-0.2, -0.15) is 8.42 Å². The van der Waals surface area contributed by atoms with Crippen molar-refractivity contribution in [3.8, 4) is 0 Å². The molecule has 0 radical (unpaired) electrons. The van der Waals surface area contributed by atoms with Crippen molar-refractivity contribution < 1.29 is 41.4 Å². The summed E-state index contributed by atoms with van der Waals surface area (Å²) < 4.78 is 41.4. The van der Waals surface area contributed by atoms with Crippen LogP contribution in [-0.4, -0.2) is 54.4 Å². The van der Waals surface area contributed by atoms with Crippen LogP contribution >= 0.6 is 0 Å². The number of rotatable bonds is 9. The van der Waals surface area contributed by atoms with Crippen LogP contribution in [0.5, 0.6) is 0 Å². The summed E-state index contributed by atoms with van der Waals surface area (Å²) in [6.07, 6.45) is 7.47. The van der Waals surface area contributed by atoms with Gasteiger partial charge in [-0.15, -0.1) is 0 Å². The van der Waals surface area contributed by atoms with Gasteiger partial charge in [-0.25, -0.2) is 4.18 Å². The minimum atomic E-state index is -4.68. The van der Waals surface area contributed by atoms with Crippen LogP contribution in [0, 0.1) is 57.2 Å². The first-order valence-electron chi connectivity index (χ1n) is 15.3. The van der Waals surface area contributed by atoms with Crippen molar-refractivity contribution in [2.24, 2.45) is 57.2 Å². The molecule has 3 unspecified atom stereocenters. The van der Waals surface area contributed by atoms with E-state index in [1.807, 2.05) is 6.08 Å². The Kier molecular flexibility index (Phi) is 7.57. The number of Topliss-reactive ketones (excluding diaryl/α,β-unsaturated/α-hetero) is 1. The molecule has 0 bridgehead atoms. The van der Waals surface area contributed by atoms with Gasteiger partial charge in [0.2, 0.25) is 0 Å². The van der Waals surface area contributed by atoms with Gasteiger partial charge in [-0.1, -0.05) is 47.3 Å². The van der Waals surface area contributed by atoms with Crippen molar-refractivity contribution >= 4 is 27.9 Å². The molecule has 0 heterocycles. The first kappa shape index (κ1) is 31.5. The average Bonchev–Trinajstić information content (AvgIpc) is 3.51. The number of aliphatic hydroxyl groups excluding tert-OH is 1. The molecule has 5 rings (SSSR count). The Bertz CT molecular complexity index is 1340. The first-order chi connectivity index (χ1) is 19.4. The lowest BCUT2D eigenvalue weighted by Gasteiger charge is -2.60. The lowest BCUT2D eigenvalue weighted by Crippen LogP contribution is -2.55. The number of carbonyl (C=O) groups is 3. The Morgan fingerprint density at radius 2 is 1.83 bits per heavy atom. The lowest BCUT2D eigenvalue weighted by molar-refractivity contribution is -0.155. The molecular formula is C32H46O9S. The topological polar surface area (TPSA) is 144 Å². The van der Waals surface area contributed by atoms with Crippen LogP contribution in [0.1, 0.15) is 80.1 Å². The molecular weight excluding hydrogens is 560 g/mol. The van der Waals surface area contributed by atoms with Gasteiger partial charge in [0, 0.05) is 30.6 Å². The SMILES string of the molecule is C=C(C(O)C(=O)[C@@H](C)[C@H]1[C@@H](OC(C)=O)C[C@@]2(C)C3CCC4[C@H](C)C(=O)C=C[C@@]45C[C@@]35CC[C@]12C)[C@@H](C)COS(=O)(=O)O. The normalized spacial score (nSPS) is 44.1. The molecule has 4 saturated carbocycles. The van der Waals surface area contributed by atoms with E-state index >= 15 is 0 Å². The zero-order valence-electron chi connectivity index (χ0n) is 25.6. The minimum absolute atomic E-state index is 0.0269. The molecule has 0 amide bonds. The van der Waals surface area contributed by atoms with E-state index in [0.29, 0.717) is 18.3 Å². The van der Waals surface area contributed by atoms with Gasteiger partial charge in [0.05, 0.1) is 6.61 Å². The second kappa shape index (κ2) is 10.1. The van der Waals surface area contributed by atoms with E-state index in [9.17, 15) is 27.9 Å². The van der Waals surface area contributed by atoms with Crippen LogP contribution in [0.2, 0.25) is 0 Å². The van der Waals surface area contributed by atoms with Gasteiger partial charge in [-0.3, -0.25) is 18.9 Å². The number of allylic oxidation sites excluding steroid dienone is 2. The molecule has 234 valence electrons. The second-order valence-corrected chi connectivity index (χ2v) is 15.7. The quantitative estimate of drug-likeness (QED) is 0.220. The molecule has 0 aromatic heterocycles. The zero-order valence-corrected chi connectivity index (χ0v) is 26.4. The number of fused-ring (bicyclic) bond motifs is 2. The molecule has 4 fully saturated rings. The van der Waals surface area contributed by atoms with Gasteiger partial charge < -0.3 is 9.84 Å². The van der Waals surface area contributed by atoms with E-state index in [2.05, 4.69) is 37.6 Å². The molecule has 0 saturated heterocycles. The summed E-state index contributed by atoms with van der Waals surface area (Å²) in [5, 5.41) is 11.1. The maximum Gasteiger partial charge on any atom is 0.397 e. The van der Waals surface area contributed by atoms with Crippen molar-refractivity contribution in [2.45, 2.75) is 92.3 Å². The molecule has 2 spiro atoms. The summed E-state index contributed by atoms with van der Waals surface area (Å²) >= 11 is 0. The Morgan fingerprint density at radius 1 is 1.17 bits per heavy atom. The lowest BCUT2D eigenvalue weighted by atomic mass is 9.43. The molecule has 12 atom stereocenters. The maximum absolute atomic E-state index is 13.8. The number of esters is 1. The van der Waals surface area contributed by atoms with Crippen molar-refractivity contribution in [1.29, 1.82) is 0 Å². The largest absolute Gasteiger partial charge is 0.462 e. The maximum atomic E-state index is 13.8. The van der Waals surface area contributed by atoms with Crippen LogP contribution in [0.3, 0.4) is 0 Å². The predicted octanol–water partition coefficient (Wildman–Crippen LogP) is 4.50. The molecule has 0 aromatic carbocycles. The highest BCUT2D eigenvalue weighted by Crippen LogP contribution is 2.87. The molecule has 0 aliphatic heterocycles. The van der Waals surface area contributed by atoms with Crippen LogP contribution in [0.15, 0.2) is 24.3 Å². The van der Waals surface area contributed by atoms with Gasteiger partial charge in [0.25, 0.3) is 0 Å². The van der Waals surface area contributed by atoms with Crippen LogP contribution in [-0.2, 0) is 33.7 Å². The third-order valence-corrected chi connectivity index (χ3v) is 13.5. The third-order valence-electron chi connectivity index (χ3n) is 13.1. The van der Waals surface area contributed by atoms with Crippen molar-refractivity contribution in [3.63, 3.8) is 0 Å². The van der Waals surface area contributed by atoms with Gasteiger partial charge >= 0.3 is 16.4 Å². The van der Waals surface area contributed by atoms with Crippen LogP contribution < -0.4 is 0 Å². The van der Waals surface area contributed by atoms with E-state index in [-0.39, 0.29) is 44.9 Å². The number of hydrogen-bond donors (Lipinski definition) is 2. The monoisotopic (exact) mass is 606 g/mol. The summed E-state index contributed by atoms with van der Waals surface area (Å²) in [5.74, 6) is -1.63. The minimum Gasteiger partial charge on any atom is -0.462 e. The van der Waals surface area contributed by atoms with E-state index in [0.717, 1.165) is 32.1 Å². The zero-order chi connectivity index (χ0) is 31.2. The van der Waals surface area contributed by atoms with E-state index in [1.54, 1.807) is 13.8 Å². The summed E-state index contributed by atoms with van der Waals surface area (Å²) in [4.78, 5) is 38.8. The van der Waals surface area contributed by atoms with E-state index in [4.69, 9.17) is 9.29 Å². The third kappa shape index (κ3) is 4.41. The number of ketones is 2. The number of ether oxygens (including phenoxy) is 1. The molecule has 5 aliphatic carbocycles. The van der Waals surface area contributed by atoms with Crippen molar-refractivity contribution in [3.05, 3.63) is 24.3 Å². The second-order valence-electron chi connectivity index (χ2n) is 14.6. The standard InChI is InChI=1S/C32H46O9S/c1-17(15-40-42(37,38)39)18(2)27(35)28(36)20(4)26-24(41-21(5)33)14-30(7)25-9-8-22-19(3)23(34)10-11-31(22)16-32(25,31)13-12-29(26,30)6/h10-11,17,19-20,22,24-27,35H,2,8-9,12-16H2,1,3-7H3,(H,37,38,39)/t17-,19-,20-,22?,24-,25?,26-,27?,29+,30-,31+,32-/m0/s1. The highest BCUT2D eigenvalue weighted by Gasteiger charge is 2.81. The van der Waals surface area contributed by atoms with E-state index in [1.165, 1.54) is 6.92 Å². The number of carbonyl (C=O) groups excluding carboxylic acids is 3. The fraction of sp³-hybridized carbons (Fsp3) is 0.781.